The van der Waals surface area contributed by atoms with Crippen molar-refractivity contribution >= 4 is 34.8 Å². The van der Waals surface area contributed by atoms with Crippen LogP contribution in [0, 0.1) is 6.92 Å². The molecule has 0 spiro atoms. The van der Waals surface area contributed by atoms with Gasteiger partial charge in [0.15, 0.2) is 12.4 Å². The summed E-state index contributed by atoms with van der Waals surface area (Å²) in [6.45, 7) is 2.77. The number of aromatic nitrogens is 4. The number of nitrogens with one attached hydrogen (secondary N) is 1. The maximum atomic E-state index is 12.5. The van der Waals surface area contributed by atoms with E-state index < -0.39 is 0 Å². The van der Waals surface area contributed by atoms with Crippen molar-refractivity contribution in [2.75, 3.05) is 5.32 Å². The third kappa shape index (κ3) is 5.45. The number of nitrogens with zero attached hydrogens (tertiary/aromatic N) is 4. The highest BCUT2D eigenvalue weighted by Crippen LogP contribution is 2.27. The van der Waals surface area contributed by atoms with E-state index in [0.717, 1.165) is 5.56 Å². The fourth-order valence-electron chi connectivity index (χ4n) is 2.99. The molecule has 2 aromatic carbocycles. The summed E-state index contributed by atoms with van der Waals surface area (Å²) in [7, 11) is 0. The fourth-order valence-corrected chi connectivity index (χ4v) is 3.45. The lowest BCUT2D eigenvalue weighted by Crippen LogP contribution is -2.14. The van der Waals surface area contributed by atoms with Crippen LogP contribution in [0.4, 0.5) is 5.69 Å². The summed E-state index contributed by atoms with van der Waals surface area (Å²) < 4.78 is 8.89. The third-order valence-corrected chi connectivity index (χ3v) is 4.97. The lowest BCUT2D eigenvalue weighted by Gasteiger charge is -2.08. The molecule has 31 heavy (non-hydrogen) atoms. The normalized spacial score (nSPS) is 10.8. The van der Waals surface area contributed by atoms with Crippen molar-refractivity contribution < 1.29 is 9.53 Å². The highest BCUT2D eigenvalue weighted by molar-refractivity contribution is 6.35. The SMILES string of the molecule is Cc1cccc(Cn2cc(NC(=O)c3ccn(COc4ccc(Cl)cc4Cl)n3)cn2)c1. The van der Waals surface area contributed by atoms with Crippen molar-refractivity contribution in [2.24, 2.45) is 0 Å². The second-order valence-electron chi connectivity index (χ2n) is 6.96. The van der Waals surface area contributed by atoms with Crippen LogP contribution < -0.4 is 10.1 Å². The van der Waals surface area contributed by atoms with Crippen LogP contribution in [0.5, 0.6) is 5.75 Å². The smallest absolute Gasteiger partial charge is 0.276 e. The molecule has 0 atom stereocenters. The summed E-state index contributed by atoms with van der Waals surface area (Å²) >= 11 is 12.0. The highest BCUT2D eigenvalue weighted by Gasteiger charge is 2.12. The van der Waals surface area contributed by atoms with Crippen molar-refractivity contribution in [3.8, 4) is 5.75 Å². The molecule has 0 aliphatic rings. The van der Waals surface area contributed by atoms with Crippen molar-refractivity contribution in [3.05, 3.63) is 94.0 Å². The van der Waals surface area contributed by atoms with E-state index >= 15 is 0 Å². The monoisotopic (exact) mass is 455 g/mol. The van der Waals surface area contributed by atoms with E-state index in [9.17, 15) is 4.79 Å². The minimum Gasteiger partial charge on any atom is -0.470 e. The molecular formula is C22H19Cl2N5O2. The number of carbonyl (C=O) groups excluding carboxylic acids is 1. The molecule has 0 bridgehead atoms. The van der Waals surface area contributed by atoms with E-state index in [1.165, 1.54) is 10.2 Å². The summed E-state index contributed by atoms with van der Waals surface area (Å²) in [6, 6.07) is 14.8. The Morgan fingerprint density at radius 1 is 1.13 bits per heavy atom. The van der Waals surface area contributed by atoms with Crippen LogP contribution in [0.15, 0.2) is 67.1 Å². The van der Waals surface area contributed by atoms with E-state index in [-0.39, 0.29) is 18.3 Å². The van der Waals surface area contributed by atoms with Gasteiger partial charge in [-0.3, -0.25) is 9.48 Å². The molecule has 0 aliphatic heterocycles. The average Bonchev–Trinajstić information content (AvgIpc) is 3.37. The summed E-state index contributed by atoms with van der Waals surface area (Å²) in [5.74, 6) is 0.145. The van der Waals surface area contributed by atoms with Gasteiger partial charge in [0.1, 0.15) is 5.75 Å². The van der Waals surface area contributed by atoms with Gasteiger partial charge < -0.3 is 10.1 Å². The third-order valence-electron chi connectivity index (χ3n) is 4.44. The standard InChI is InChI=1S/C22H19Cl2N5O2/c1-15-3-2-4-16(9-15)12-29-13-18(11-25-29)26-22(30)20-7-8-28(27-20)14-31-21-6-5-17(23)10-19(21)24/h2-11,13H,12,14H2,1H3,(H,26,30). The molecule has 0 saturated heterocycles. The second-order valence-corrected chi connectivity index (χ2v) is 7.80. The molecule has 0 radical (unpaired) electrons. The molecule has 4 aromatic rings. The molecule has 158 valence electrons. The van der Waals surface area contributed by atoms with Crippen LogP contribution >= 0.6 is 23.2 Å². The maximum Gasteiger partial charge on any atom is 0.276 e. The van der Waals surface area contributed by atoms with E-state index in [1.807, 2.05) is 25.1 Å². The topological polar surface area (TPSA) is 74.0 Å². The van der Waals surface area contributed by atoms with E-state index in [1.54, 1.807) is 47.5 Å². The van der Waals surface area contributed by atoms with Crippen LogP contribution in [-0.2, 0) is 13.3 Å². The van der Waals surface area contributed by atoms with Crippen LogP contribution in [-0.4, -0.2) is 25.5 Å². The number of hydrogen-bond donors (Lipinski definition) is 1. The number of anilines is 1. The van der Waals surface area contributed by atoms with E-state index in [0.29, 0.717) is 28.0 Å². The minimum atomic E-state index is -0.335. The van der Waals surface area contributed by atoms with Crippen molar-refractivity contribution in [2.45, 2.75) is 20.2 Å². The highest BCUT2D eigenvalue weighted by atomic mass is 35.5. The summed E-state index contributed by atoms with van der Waals surface area (Å²) in [6.07, 6.45) is 5.04. The molecule has 0 aliphatic carbocycles. The molecule has 2 heterocycles. The number of carbonyl (C=O) groups is 1. The fraction of sp³-hybridized carbons (Fsp3) is 0.136. The van der Waals surface area contributed by atoms with Gasteiger partial charge in [-0.2, -0.15) is 10.2 Å². The van der Waals surface area contributed by atoms with Crippen molar-refractivity contribution in [3.63, 3.8) is 0 Å². The van der Waals surface area contributed by atoms with Gasteiger partial charge in [-0.15, -0.1) is 0 Å². The Morgan fingerprint density at radius 3 is 2.81 bits per heavy atom. The molecule has 9 heteroatoms. The zero-order chi connectivity index (χ0) is 21.8. The molecular weight excluding hydrogens is 437 g/mol. The van der Waals surface area contributed by atoms with Gasteiger partial charge in [0.25, 0.3) is 5.91 Å². The Kier molecular flexibility index (Phi) is 6.25. The Hall–Kier alpha value is -3.29. The molecule has 4 rings (SSSR count). The quantitative estimate of drug-likeness (QED) is 0.423. The van der Waals surface area contributed by atoms with Gasteiger partial charge in [0, 0.05) is 17.4 Å². The lowest BCUT2D eigenvalue weighted by molar-refractivity contribution is 0.102. The zero-order valence-electron chi connectivity index (χ0n) is 16.6. The first-order valence-electron chi connectivity index (χ1n) is 9.47. The Bertz CT molecular complexity index is 1220. The van der Waals surface area contributed by atoms with Crippen LogP contribution in [0.25, 0.3) is 0 Å². The van der Waals surface area contributed by atoms with Crippen molar-refractivity contribution in [1.82, 2.24) is 19.6 Å². The van der Waals surface area contributed by atoms with Gasteiger partial charge in [-0.1, -0.05) is 53.0 Å². The van der Waals surface area contributed by atoms with Crippen molar-refractivity contribution in [1.29, 1.82) is 0 Å². The first-order chi connectivity index (χ1) is 15.0. The molecule has 0 saturated carbocycles. The predicted octanol–water partition coefficient (Wildman–Crippen LogP) is 5.03. The van der Waals surface area contributed by atoms with Crippen LogP contribution in [0.1, 0.15) is 21.6 Å². The number of halogens is 2. The number of ether oxygens (including phenoxy) is 1. The van der Waals surface area contributed by atoms with Crippen LogP contribution in [0.2, 0.25) is 10.0 Å². The average molecular weight is 456 g/mol. The molecule has 1 amide bonds. The minimum absolute atomic E-state index is 0.100. The Labute approximate surface area is 189 Å². The predicted molar refractivity (Wildman–Crippen MR) is 120 cm³/mol. The van der Waals surface area contributed by atoms with Gasteiger partial charge in [0.05, 0.1) is 23.5 Å². The molecule has 7 nitrogen and oxygen atoms in total. The zero-order valence-corrected chi connectivity index (χ0v) is 18.1. The summed E-state index contributed by atoms with van der Waals surface area (Å²) in [4.78, 5) is 12.5. The first-order valence-corrected chi connectivity index (χ1v) is 10.2. The van der Waals surface area contributed by atoms with Gasteiger partial charge in [-0.05, 0) is 36.8 Å². The van der Waals surface area contributed by atoms with Gasteiger partial charge in [0.2, 0.25) is 0 Å². The number of rotatable bonds is 7. The van der Waals surface area contributed by atoms with E-state index in [4.69, 9.17) is 27.9 Å². The van der Waals surface area contributed by atoms with Crippen LogP contribution in [0.3, 0.4) is 0 Å². The number of aryl methyl sites for hydroxylation is 1. The molecule has 0 unspecified atom stereocenters. The number of amides is 1. The number of benzene rings is 2. The van der Waals surface area contributed by atoms with E-state index in [2.05, 4.69) is 21.6 Å². The Morgan fingerprint density at radius 2 is 2.00 bits per heavy atom. The molecule has 1 N–H and O–H groups in total. The summed E-state index contributed by atoms with van der Waals surface area (Å²) in [5.41, 5.74) is 3.19. The summed E-state index contributed by atoms with van der Waals surface area (Å²) in [5, 5.41) is 12.3. The molecule has 2 aromatic heterocycles. The largest absolute Gasteiger partial charge is 0.470 e. The lowest BCUT2D eigenvalue weighted by atomic mass is 10.1. The van der Waals surface area contributed by atoms with Gasteiger partial charge in [-0.25, -0.2) is 4.68 Å². The Balaban J connectivity index is 1.34. The number of hydrogen-bond acceptors (Lipinski definition) is 4. The molecule has 0 fully saturated rings. The maximum absolute atomic E-state index is 12.5. The van der Waals surface area contributed by atoms with Gasteiger partial charge >= 0.3 is 0 Å². The second kappa shape index (κ2) is 9.24. The first kappa shape index (κ1) is 21.0.